The Kier molecular flexibility index (Phi) is 5.03. The van der Waals surface area contributed by atoms with Gasteiger partial charge in [0.25, 0.3) is 5.91 Å². The van der Waals surface area contributed by atoms with Crippen LogP contribution >= 0.6 is 0 Å². The van der Waals surface area contributed by atoms with Crippen molar-refractivity contribution in [3.8, 4) is 5.69 Å². The fraction of sp³-hybridized carbons (Fsp3) is 0.118. The largest absolute Gasteiger partial charge is 0.434 e. The molecule has 0 saturated carbocycles. The highest BCUT2D eigenvalue weighted by molar-refractivity contribution is 6.04. The van der Waals surface area contributed by atoms with Gasteiger partial charge in [-0.2, -0.15) is 31.4 Å². The lowest BCUT2D eigenvalue weighted by molar-refractivity contribution is -0.143. The molecule has 29 heavy (non-hydrogen) atoms. The van der Waals surface area contributed by atoms with E-state index in [9.17, 15) is 35.5 Å². The number of hydrogen-bond acceptors (Lipinski definition) is 3. The summed E-state index contributed by atoms with van der Waals surface area (Å²) in [6.07, 6.45) is -8.48. The smallest absolute Gasteiger partial charge is 0.306 e. The Labute approximate surface area is 157 Å². The molecule has 1 aromatic carbocycles. The van der Waals surface area contributed by atoms with Crippen molar-refractivity contribution in [2.45, 2.75) is 12.4 Å². The third-order valence-corrected chi connectivity index (χ3v) is 3.66. The van der Waals surface area contributed by atoms with Crippen LogP contribution in [0.2, 0.25) is 0 Å². The number of nitrogens with one attached hydrogen (secondary N) is 1. The summed E-state index contributed by atoms with van der Waals surface area (Å²) in [5.74, 6) is -2.81. The van der Waals surface area contributed by atoms with Crippen LogP contribution in [0.3, 0.4) is 0 Å². The van der Waals surface area contributed by atoms with E-state index < -0.39 is 46.7 Å². The molecule has 0 atom stereocenters. The maximum atomic E-state index is 13.5. The summed E-state index contributed by atoms with van der Waals surface area (Å²) in [4.78, 5) is 15.8. The summed E-state index contributed by atoms with van der Waals surface area (Å²) in [7, 11) is 0. The van der Waals surface area contributed by atoms with Gasteiger partial charge < -0.3 is 5.32 Å². The van der Waals surface area contributed by atoms with E-state index in [4.69, 9.17) is 0 Å². The Morgan fingerprint density at radius 3 is 2.34 bits per heavy atom. The van der Waals surface area contributed by atoms with Crippen LogP contribution in [-0.4, -0.2) is 20.7 Å². The van der Waals surface area contributed by atoms with Gasteiger partial charge in [-0.1, -0.05) is 6.07 Å². The first kappa shape index (κ1) is 20.3. The number of nitrogens with zero attached hydrogens (tertiary/aromatic N) is 3. The predicted octanol–water partition coefficient (Wildman–Crippen LogP) is 4.70. The van der Waals surface area contributed by atoms with Gasteiger partial charge in [0.2, 0.25) is 0 Å². The van der Waals surface area contributed by atoms with Crippen LogP contribution in [0.25, 0.3) is 5.69 Å². The molecule has 3 rings (SSSR count). The van der Waals surface area contributed by atoms with E-state index in [1.165, 1.54) is 0 Å². The fourth-order valence-corrected chi connectivity index (χ4v) is 2.45. The van der Waals surface area contributed by atoms with Crippen molar-refractivity contribution in [2.24, 2.45) is 0 Å². The van der Waals surface area contributed by atoms with Gasteiger partial charge in [0.1, 0.15) is 11.6 Å². The highest BCUT2D eigenvalue weighted by Crippen LogP contribution is 2.34. The van der Waals surface area contributed by atoms with Crippen LogP contribution < -0.4 is 5.32 Å². The zero-order valence-corrected chi connectivity index (χ0v) is 14.0. The van der Waals surface area contributed by atoms with E-state index in [0.717, 1.165) is 30.5 Å². The third-order valence-electron chi connectivity index (χ3n) is 3.66. The number of amides is 1. The number of anilines is 1. The Hall–Kier alpha value is -3.44. The maximum absolute atomic E-state index is 13.5. The number of rotatable bonds is 3. The molecular formula is C17H9F7N4O. The molecule has 0 radical (unpaired) electrons. The van der Waals surface area contributed by atoms with Gasteiger partial charge >= 0.3 is 12.4 Å². The van der Waals surface area contributed by atoms with Crippen molar-refractivity contribution in [3.63, 3.8) is 0 Å². The number of halogens is 7. The van der Waals surface area contributed by atoms with E-state index in [-0.39, 0.29) is 5.69 Å². The maximum Gasteiger partial charge on any atom is 0.434 e. The highest BCUT2D eigenvalue weighted by Gasteiger charge is 2.41. The Morgan fingerprint density at radius 1 is 1.00 bits per heavy atom. The summed E-state index contributed by atoms with van der Waals surface area (Å²) in [6, 6.07) is 5.19. The second kappa shape index (κ2) is 7.18. The molecule has 0 aliphatic rings. The molecule has 1 N–H and O–H groups in total. The number of pyridine rings is 1. The molecule has 0 aliphatic carbocycles. The molecule has 0 aliphatic heterocycles. The molecule has 5 nitrogen and oxygen atoms in total. The first-order valence-electron chi connectivity index (χ1n) is 7.72. The topological polar surface area (TPSA) is 59.8 Å². The van der Waals surface area contributed by atoms with E-state index in [1.807, 2.05) is 5.32 Å². The van der Waals surface area contributed by atoms with E-state index in [0.29, 0.717) is 23.0 Å². The number of alkyl halides is 6. The van der Waals surface area contributed by atoms with Crippen LogP contribution in [0.15, 0.2) is 48.8 Å². The molecule has 2 aromatic heterocycles. The SMILES string of the molecule is O=C(Nc1cc(C(F)(F)F)ccn1)c1cnn(-c2cccc(F)c2)c1C(F)(F)F. The second-order valence-corrected chi connectivity index (χ2v) is 5.68. The molecule has 2 heterocycles. The molecule has 1 amide bonds. The van der Waals surface area contributed by atoms with Crippen LogP contribution in [0, 0.1) is 5.82 Å². The van der Waals surface area contributed by atoms with E-state index in [1.54, 1.807) is 0 Å². The Balaban J connectivity index is 2.00. The number of carbonyl (C=O) groups is 1. The molecule has 0 fully saturated rings. The van der Waals surface area contributed by atoms with Crippen molar-refractivity contribution in [2.75, 3.05) is 5.32 Å². The highest BCUT2D eigenvalue weighted by atomic mass is 19.4. The molecule has 0 spiro atoms. The van der Waals surface area contributed by atoms with Gasteiger partial charge in [0.15, 0.2) is 5.69 Å². The lowest BCUT2D eigenvalue weighted by Crippen LogP contribution is -2.21. The van der Waals surface area contributed by atoms with E-state index in [2.05, 4.69) is 10.1 Å². The minimum atomic E-state index is -5.07. The number of hydrogen-bond donors (Lipinski definition) is 1. The van der Waals surface area contributed by atoms with Crippen LogP contribution in [0.5, 0.6) is 0 Å². The molecule has 3 aromatic rings. The Bertz CT molecular complexity index is 1060. The quantitative estimate of drug-likeness (QED) is 0.628. The summed E-state index contributed by atoms with van der Waals surface area (Å²) < 4.78 is 92.5. The molecule has 0 saturated heterocycles. The minimum absolute atomic E-state index is 0.298. The average Bonchev–Trinajstić information content (AvgIpc) is 3.07. The van der Waals surface area contributed by atoms with Gasteiger partial charge in [-0.15, -0.1) is 0 Å². The number of benzene rings is 1. The first-order chi connectivity index (χ1) is 13.5. The number of aromatic nitrogens is 3. The summed E-state index contributed by atoms with van der Waals surface area (Å²) in [5.41, 5.74) is -3.93. The molecule has 0 unspecified atom stereocenters. The van der Waals surface area contributed by atoms with Crippen LogP contribution in [0.4, 0.5) is 36.6 Å². The van der Waals surface area contributed by atoms with Crippen LogP contribution in [-0.2, 0) is 12.4 Å². The third kappa shape index (κ3) is 4.36. The number of carbonyl (C=O) groups excluding carboxylic acids is 1. The second-order valence-electron chi connectivity index (χ2n) is 5.68. The lowest BCUT2D eigenvalue weighted by Gasteiger charge is -2.13. The van der Waals surface area contributed by atoms with Gasteiger partial charge in [0, 0.05) is 6.20 Å². The molecular weight excluding hydrogens is 409 g/mol. The molecule has 152 valence electrons. The fourth-order valence-electron chi connectivity index (χ4n) is 2.45. The van der Waals surface area contributed by atoms with Gasteiger partial charge in [0.05, 0.1) is 23.0 Å². The van der Waals surface area contributed by atoms with Gasteiger partial charge in [-0.25, -0.2) is 14.1 Å². The van der Waals surface area contributed by atoms with Crippen molar-refractivity contribution in [1.82, 2.24) is 14.8 Å². The van der Waals surface area contributed by atoms with Gasteiger partial charge in [-0.3, -0.25) is 4.79 Å². The first-order valence-corrected chi connectivity index (χ1v) is 7.72. The normalized spacial score (nSPS) is 12.1. The van der Waals surface area contributed by atoms with Crippen molar-refractivity contribution < 1.29 is 35.5 Å². The lowest BCUT2D eigenvalue weighted by atomic mass is 10.2. The summed E-state index contributed by atoms with van der Waals surface area (Å²) in [5, 5.41) is 5.36. The van der Waals surface area contributed by atoms with Crippen molar-refractivity contribution in [3.05, 3.63) is 71.4 Å². The minimum Gasteiger partial charge on any atom is -0.306 e. The molecule has 12 heteroatoms. The van der Waals surface area contributed by atoms with Gasteiger partial charge in [-0.05, 0) is 30.3 Å². The van der Waals surface area contributed by atoms with Crippen LogP contribution in [0.1, 0.15) is 21.6 Å². The summed E-state index contributed by atoms with van der Waals surface area (Å²) >= 11 is 0. The van der Waals surface area contributed by atoms with Crippen molar-refractivity contribution >= 4 is 11.7 Å². The monoisotopic (exact) mass is 418 g/mol. The molecule has 0 bridgehead atoms. The zero-order valence-electron chi connectivity index (χ0n) is 14.0. The van der Waals surface area contributed by atoms with E-state index >= 15 is 0 Å². The Morgan fingerprint density at radius 2 is 1.72 bits per heavy atom. The zero-order chi connectivity index (χ0) is 21.4. The predicted molar refractivity (Wildman–Crippen MR) is 85.7 cm³/mol. The average molecular weight is 418 g/mol. The van der Waals surface area contributed by atoms with Crippen molar-refractivity contribution in [1.29, 1.82) is 0 Å². The summed E-state index contributed by atoms with van der Waals surface area (Å²) in [6.45, 7) is 0. The standard InChI is InChI=1S/C17H9F7N4O/c18-10-2-1-3-11(7-10)28-14(17(22,23)24)12(8-26-28)15(29)27-13-6-9(4-5-25-13)16(19,20)21/h1-8H,(H,25,27,29).